The van der Waals surface area contributed by atoms with Crippen molar-refractivity contribution in [1.29, 1.82) is 0 Å². The minimum atomic E-state index is 0.202. The van der Waals surface area contributed by atoms with Gasteiger partial charge in [0.1, 0.15) is 11.5 Å². The van der Waals surface area contributed by atoms with Gasteiger partial charge in [0.05, 0.1) is 12.1 Å². The summed E-state index contributed by atoms with van der Waals surface area (Å²) >= 11 is 0. The van der Waals surface area contributed by atoms with Crippen molar-refractivity contribution in [2.45, 2.75) is 105 Å². The molecule has 2 aromatic rings. The molecule has 1 aliphatic rings. The molecule has 2 aromatic carbocycles. The number of benzene rings is 2. The van der Waals surface area contributed by atoms with Crippen LogP contribution in [0.25, 0.3) is 0 Å². The van der Waals surface area contributed by atoms with E-state index in [4.69, 9.17) is 9.98 Å². The van der Waals surface area contributed by atoms with E-state index in [1.165, 1.54) is 11.1 Å². The maximum Gasteiger partial charge on any atom is 0.127 e. The smallest absolute Gasteiger partial charge is 0.127 e. The summed E-state index contributed by atoms with van der Waals surface area (Å²) in [5.41, 5.74) is 5.98. The third kappa shape index (κ3) is 8.21. The van der Waals surface area contributed by atoms with Crippen molar-refractivity contribution in [2.24, 2.45) is 21.8 Å². The molecule has 4 heteroatoms. The Kier molecular flexibility index (Phi) is 10.2. The lowest BCUT2D eigenvalue weighted by Crippen LogP contribution is -2.21. The topological polar surface area (TPSA) is 65.2 Å². The van der Waals surface area contributed by atoms with Gasteiger partial charge in [-0.25, -0.2) is 0 Å². The first-order valence-electron chi connectivity index (χ1n) is 13.8. The molecule has 1 aliphatic carbocycles. The largest absolute Gasteiger partial charge is 0.507 e. The van der Waals surface area contributed by atoms with Crippen molar-refractivity contribution in [3.05, 3.63) is 57.6 Å². The quantitative estimate of drug-likeness (QED) is 0.334. The fraction of sp³-hybridized carbons (Fsp3) is 0.562. The second-order valence-electron chi connectivity index (χ2n) is 11.6. The summed E-state index contributed by atoms with van der Waals surface area (Å²) in [7, 11) is 0. The maximum atomic E-state index is 10.6. The van der Waals surface area contributed by atoms with E-state index in [2.05, 4.69) is 52.0 Å². The van der Waals surface area contributed by atoms with Gasteiger partial charge in [-0.3, -0.25) is 9.98 Å². The molecular weight excluding hydrogens is 444 g/mol. The van der Waals surface area contributed by atoms with Crippen molar-refractivity contribution in [3.8, 4) is 11.5 Å². The minimum absolute atomic E-state index is 0.202. The molecule has 3 rings (SSSR count). The van der Waals surface area contributed by atoms with E-state index < -0.39 is 0 Å². The number of hydrogen-bond donors (Lipinski definition) is 2. The van der Waals surface area contributed by atoms with Gasteiger partial charge in [0.25, 0.3) is 0 Å². The van der Waals surface area contributed by atoms with Crippen LogP contribution in [0.3, 0.4) is 0 Å². The highest BCUT2D eigenvalue weighted by atomic mass is 16.3. The van der Waals surface area contributed by atoms with Crippen LogP contribution in [0.15, 0.2) is 34.3 Å². The highest BCUT2D eigenvalue weighted by molar-refractivity contribution is 5.85. The van der Waals surface area contributed by atoms with Crippen LogP contribution < -0.4 is 0 Å². The molecule has 196 valence electrons. The first-order valence-corrected chi connectivity index (χ1v) is 13.8. The van der Waals surface area contributed by atoms with Gasteiger partial charge >= 0.3 is 0 Å². The van der Waals surface area contributed by atoms with Crippen molar-refractivity contribution in [2.75, 3.05) is 0 Å². The fourth-order valence-electron chi connectivity index (χ4n) is 4.95. The Morgan fingerprint density at radius 1 is 0.750 bits per heavy atom. The summed E-state index contributed by atoms with van der Waals surface area (Å²) in [4.78, 5) is 9.75. The molecule has 0 bridgehead atoms. The normalized spacial score (nSPS) is 18.8. The molecule has 0 aromatic heterocycles. The fourth-order valence-corrected chi connectivity index (χ4v) is 4.95. The van der Waals surface area contributed by atoms with Gasteiger partial charge in [0.2, 0.25) is 0 Å². The molecule has 1 fully saturated rings. The zero-order chi connectivity index (χ0) is 26.2. The summed E-state index contributed by atoms with van der Waals surface area (Å²) in [6, 6.07) is 8.76. The van der Waals surface area contributed by atoms with Gasteiger partial charge in [0.15, 0.2) is 0 Å². The number of aliphatic imine (C=N–C) groups is 2. The van der Waals surface area contributed by atoms with Crippen molar-refractivity contribution in [3.63, 3.8) is 0 Å². The van der Waals surface area contributed by atoms with Gasteiger partial charge in [0, 0.05) is 23.6 Å². The molecule has 2 atom stereocenters. The first-order chi connectivity index (χ1) is 17.1. The summed E-state index contributed by atoms with van der Waals surface area (Å²) in [5, 5.41) is 21.2. The Hall–Kier alpha value is -2.62. The molecule has 2 N–H and O–H groups in total. The van der Waals surface area contributed by atoms with Crippen LogP contribution in [0.5, 0.6) is 11.5 Å². The summed E-state index contributed by atoms with van der Waals surface area (Å²) in [5.74, 6) is 1.98. The number of phenols is 2. The predicted molar refractivity (Wildman–Crippen MR) is 153 cm³/mol. The van der Waals surface area contributed by atoms with Crippen LogP contribution >= 0.6 is 0 Å². The zero-order valence-corrected chi connectivity index (χ0v) is 23.2. The molecule has 0 saturated heterocycles. The Morgan fingerprint density at radius 3 is 1.56 bits per heavy atom. The SMILES string of the molecule is Cc1cc(CCC(C)C)cc(C=NC2CCCC(N=Cc3cc(CCC(C)C)cc(C)c3O)C2)c1O. The highest BCUT2D eigenvalue weighted by Gasteiger charge is 2.20. The number of hydrogen-bond acceptors (Lipinski definition) is 4. The van der Waals surface area contributed by atoms with E-state index in [1.54, 1.807) is 0 Å². The maximum absolute atomic E-state index is 10.6. The highest BCUT2D eigenvalue weighted by Crippen LogP contribution is 2.28. The third-order valence-corrected chi connectivity index (χ3v) is 7.27. The lowest BCUT2D eigenvalue weighted by molar-refractivity contribution is 0.397. The Labute approximate surface area is 218 Å². The van der Waals surface area contributed by atoms with E-state index >= 15 is 0 Å². The average molecular weight is 491 g/mol. The molecule has 2 unspecified atom stereocenters. The van der Waals surface area contributed by atoms with Crippen LogP contribution in [-0.4, -0.2) is 34.7 Å². The Bertz CT molecular complexity index is 985. The van der Waals surface area contributed by atoms with Crippen LogP contribution in [0.1, 0.15) is 99.6 Å². The molecule has 0 spiro atoms. The van der Waals surface area contributed by atoms with E-state index in [-0.39, 0.29) is 12.1 Å². The second kappa shape index (κ2) is 13.1. The van der Waals surface area contributed by atoms with Crippen LogP contribution in [0, 0.1) is 25.7 Å². The average Bonchev–Trinajstić information content (AvgIpc) is 2.83. The van der Waals surface area contributed by atoms with E-state index in [1.807, 2.05) is 26.3 Å². The zero-order valence-electron chi connectivity index (χ0n) is 23.2. The molecular formula is C32H46N2O2. The van der Waals surface area contributed by atoms with Crippen molar-refractivity contribution < 1.29 is 10.2 Å². The predicted octanol–water partition coefficient (Wildman–Crippen LogP) is 7.74. The second-order valence-corrected chi connectivity index (χ2v) is 11.6. The van der Waals surface area contributed by atoms with Gasteiger partial charge in [-0.15, -0.1) is 0 Å². The van der Waals surface area contributed by atoms with E-state index in [0.717, 1.165) is 73.6 Å². The molecule has 4 nitrogen and oxygen atoms in total. The Balaban J connectivity index is 1.68. The molecule has 0 radical (unpaired) electrons. The minimum Gasteiger partial charge on any atom is -0.507 e. The van der Waals surface area contributed by atoms with Crippen LogP contribution in [-0.2, 0) is 12.8 Å². The van der Waals surface area contributed by atoms with Crippen molar-refractivity contribution in [1.82, 2.24) is 0 Å². The number of rotatable bonds is 10. The van der Waals surface area contributed by atoms with Gasteiger partial charge < -0.3 is 10.2 Å². The molecule has 36 heavy (non-hydrogen) atoms. The third-order valence-electron chi connectivity index (χ3n) is 7.27. The monoisotopic (exact) mass is 490 g/mol. The number of phenolic OH excluding ortho intramolecular Hbond substituents is 2. The Morgan fingerprint density at radius 2 is 1.17 bits per heavy atom. The summed E-state index contributed by atoms with van der Waals surface area (Å²) < 4.78 is 0. The summed E-state index contributed by atoms with van der Waals surface area (Å²) in [6.45, 7) is 12.9. The van der Waals surface area contributed by atoms with Crippen LogP contribution in [0.2, 0.25) is 0 Å². The van der Waals surface area contributed by atoms with Gasteiger partial charge in [-0.05, 0) is 111 Å². The number of nitrogens with zero attached hydrogens (tertiary/aromatic N) is 2. The van der Waals surface area contributed by atoms with Gasteiger partial charge in [-0.1, -0.05) is 39.8 Å². The van der Waals surface area contributed by atoms with Crippen molar-refractivity contribution >= 4 is 12.4 Å². The molecule has 1 saturated carbocycles. The van der Waals surface area contributed by atoms with E-state index in [9.17, 15) is 10.2 Å². The number of aromatic hydroxyl groups is 2. The number of aryl methyl sites for hydroxylation is 4. The lowest BCUT2D eigenvalue weighted by Gasteiger charge is -2.24. The standard InChI is InChI=1S/C32H46N2O2/c1-21(2)10-12-25-14-23(5)31(35)27(16-25)19-33-29-8-7-9-30(18-29)34-20-28-17-26(13-11-22(3)4)15-24(6)32(28)36/h14-17,19-22,29-30,35-36H,7-13,18H2,1-6H3. The van der Waals surface area contributed by atoms with Gasteiger partial charge in [-0.2, -0.15) is 0 Å². The molecule has 0 amide bonds. The molecule has 0 heterocycles. The summed E-state index contributed by atoms with van der Waals surface area (Å²) in [6.07, 6.45) is 12.1. The first kappa shape index (κ1) is 28.0. The van der Waals surface area contributed by atoms with Crippen LogP contribution in [0.4, 0.5) is 0 Å². The lowest BCUT2D eigenvalue weighted by atomic mass is 9.91. The molecule has 0 aliphatic heterocycles. The van der Waals surface area contributed by atoms with E-state index in [0.29, 0.717) is 23.3 Å².